The predicted molar refractivity (Wildman–Crippen MR) is 67.6 cm³/mol. The molecule has 4 heteroatoms. The summed E-state index contributed by atoms with van der Waals surface area (Å²) in [5, 5.41) is 3.19. The summed E-state index contributed by atoms with van der Waals surface area (Å²) < 4.78 is 0. The van der Waals surface area contributed by atoms with E-state index in [-0.39, 0.29) is 24.8 Å². The van der Waals surface area contributed by atoms with Crippen LogP contribution >= 0.6 is 24.8 Å². The fourth-order valence-corrected chi connectivity index (χ4v) is 1.15. The number of halogens is 2. The van der Waals surface area contributed by atoms with Crippen LogP contribution in [0.4, 0.5) is 5.69 Å². The molecule has 0 spiro atoms. The quantitative estimate of drug-likeness (QED) is 0.791. The lowest BCUT2D eigenvalue weighted by Crippen LogP contribution is -2.23. The van der Waals surface area contributed by atoms with Crippen molar-refractivity contribution in [1.82, 2.24) is 5.32 Å². The molecule has 0 fully saturated rings. The Balaban J connectivity index is 0. The van der Waals surface area contributed by atoms with E-state index in [1.807, 2.05) is 25.2 Å². The average molecular weight is 237 g/mol. The van der Waals surface area contributed by atoms with E-state index in [4.69, 9.17) is 5.73 Å². The van der Waals surface area contributed by atoms with E-state index in [2.05, 4.69) is 18.3 Å². The second-order valence-corrected chi connectivity index (χ2v) is 3.09. The minimum atomic E-state index is 0. The molecule has 0 heterocycles. The summed E-state index contributed by atoms with van der Waals surface area (Å²) in [5.41, 5.74) is 7.91. The number of hydrogen-bond acceptors (Lipinski definition) is 2. The SMILES string of the molecule is CNC(C)Cc1ccccc1N.Cl.Cl. The number of hydrogen-bond donors (Lipinski definition) is 2. The molecule has 1 aromatic rings. The number of likely N-dealkylation sites (N-methyl/N-ethyl adjacent to an activating group) is 1. The maximum atomic E-state index is 5.80. The number of nitrogen functional groups attached to an aromatic ring is 1. The molecule has 0 aliphatic carbocycles. The molecule has 0 bridgehead atoms. The molecule has 0 saturated heterocycles. The predicted octanol–water partition coefficient (Wildman–Crippen LogP) is 2.26. The van der Waals surface area contributed by atoms with Crippen molar-refractivity contribution in [3.63, 3.8) is 0 Å². The smallest absolute Gasteiger partial charge is 0.0347 e. The zero-order chi connectivity index (χ0) is 8.97. The molecule has 2 nitrogen and oxygen atoms in total. The van der Waals surface area contributed by atoms with Crippen molar-refractivity contribution in [3.05, 3.63) is 29.8 Å². The first-order valence-electron chi connectivity index (χ1n) is 4.24. The van der Waals surface area contributed by atoms with Crippen LogP contribution in [0.15, 0.2) is 24.3 Å². The maximum Gasteiger partial charge on any atom is 0.0347 e. The Morgan fingerprint density at radius 3 is 2.36 bits per heavy atom. The van der Waals surface area contributed by atoms with Crippen LogP contribution in [0.3, 0.4) is 0 Å². The molecule has 0 aliphatic rings. The molecule has 0 saturated carbocycles. The zero-order valence-corrected chi connectivity index (χ0v) is 10.1. The van der Waals surface area contributed by atoms with Gasteiger partial charge in [-0.1, -0.05) is 18.2 Å². The van der Waals surface area contributed by atoms with Crippen molar-refractivity contribution < 1.29 is 0 Å². The molecule has 0 aliphatic heterocycles. The first kappa shape index (κ1) is 16.0. The Morgan fingerprint density at radius 2 is 1.86 bits per heavy atom. The molecule has 1 atom stereocenters. The third-order valence-corrected chi connectivity index (χ3v) is 2.07. The maximum absolute atomic E-state index is 5.80. The lowest BCUT2D eigenvalue weighted by Gasteiger charge is -2.11. The van der Waals surface area contributed by atoms with Crippen LogP contribution in [-0.2, 0) is 6.42 Å². The fourth-order valence-electron chi connectivity index (χ4n) is 1.15. The Bertz CT molecular complexity index is 254. The summed E-state index contributed by atoms with van der Waals surface area (Å²) in [6.07, 6.45) is 0.989. The zero-order valence-electron chi connectivity index (χ0n) is 8.49. The van der Waals surface area contributed by atoms with Crippen LogP contribution in [0.25, 0.3) is 0 Å². The van der Waals surface area contributed by atoms with Gasteiger partial charge in [-0.05, 0) is 32.0 Å². The van der Waals surface area contributed by atoms with Gasteiger partial charge in [-0.15, -0.1) is 24.8 Å². The van der Waals surface area contributed by atoms with Crippen LogP contribution in [0.1, 0.15) is 12.5 Å². The van der Waals surface area contributed by atoms with Gasteiger partial charge in [0, 0.05) is 11.7 Å². The topological polar surface area (TPSA) is 38.0 Å². The van der Waals surface area contributed by atoms with E-state index in [9.17, 15) is 0 Å². The number of para-hydroxylation sites is 1. The Kier molecular flexibility index (Phi) is 9.05. The molecule has 82 valence electrons. The van der Waals surface area contributed by atoms with Gasteiger partial charge in [-0.25, -0.2) is 0 Å². The van der Waals surface area contributed by atoms with Gasteiger partial charge in [0.05, 0.1) is 0 Å². The minimum absolute atomic E-state index is 0. The third-order valence-electron chi connectivity index (χ3n) is 2.07. The molecule has 14 heavy (non-hydrogen) atoms. The van der Waals surface area contributed by atoms with Gasteiger partial charge in [0.25, 0.3) is 0 Å². The van der Waals surface area contributed by atoms with E-state index < -0.39 is 0 Å². The molecule has 0 radical (unpaired) electrons. The highest BCUT2D eigenvalue weighted by Gasteiger charge is 2.02. The number of benzene rings is 1. The van der Waals surface area contributed by atoms with E-state index in [1.165, 1.54) is 5.56 Å². The summed E-state index contributed by atoms with van der Waals surface area (Å²) in [7, 11) is 1.96. The van der Waals surface area contributed by atoms with Crippen LogP contribution < -0.4 is 11.1 Å². The number of anilines is 1. The van der Waals surface area contributed by atoms with Crippen molar-refractivity contribution in [2.45, 2.75) is 19.4 Å². The minimum Gasteiger partial charge on any atom is -0.399 e. The summed E-state index contributed by atoms with van der Waals surface area (Å²) in [4.78, 5) is 0. The fraction of sp³-hybridized carbons (Fsp3) is 0.400. The van der Waals surface area contributed by atoms with Crippen molar-refractivity contribution in [1.29, 1.82) is 0 Å². The largest absolute Gasteiger partial charge is 0.399 e. The highest BCUT2D eigenvalue weighted by Crippen LogP contribution is 2.12. The average Bonchev–Trinajstić information content (AvgIpc) is 2.09. The molecule has 0 amide bonds. The van der Waals surface area contributed by atoms with E-state index >= 15 is 0 Å². The monoisotopic (exact) mass is 236 g/mol. The van der Waals surface area contributed by atoms with Crippen molar-refractivity contribution in [2.24, 2.45) is 0 Å². The van der Waals surface area contributed by atoms with Crippen LogP contribution in [-0.4, -0.2) is 13.1 Å². The van der Waals surface area contributed by atoms with Gasteiger partial charge in [-0.2, -0.15) is 0 Å². The van der Waals surface area contributed by atoms with Crippen LogP contribution in [0, 0.1) is 0 Å². The summed E-state index contributed by atoms with van der Waals surface area (Å²) >= 11 is 0. The highest BCUT2D eigenvalue weighted by molar-refractivity contribution is 5.85. The number of nitrogens with one attached hydrogen (secondary N) is 1. The van der Waals surface area contributed by atoms with E-state index in [1.54, 1.807) is 0 Å². The number of rotatable bonds is 3. The van der Waals surface area contributed by atoms with Crippen molar-refractivity contribution in [3.8, 4) is 0 Å². The second kappa shape index (κ2) is 7.92. The van der Waals surface area contributed by atoms with E-state index in [0.29, 0.717) is 6.04 Å². The Morgan fingerprint density at radius 1 is 1.29 bits per heavy atom. The lowest BCUT2D eigenvalue weighted by atomic mass is 10.1. The van der Waals surface area contributed by atoms with Gasteiger partial charge in [0.2, 0.25) is 0 Å². The third kappa shape index (κ3) is 4.70. The molecule has 1 aromatic carbocycles. The Hall–Kier alpha value is -0.440. The van der Waals surface area contributed by atoms with Crippen LogP contribution in [0.2, 0.25) is 0 Å². The molecule has 1 rings (SSSR count). The van der Waals surface area contributed by atoms with Gasteiger partial charge in [-0.3, -0.25) is 0 Å². The summed E-state index contributed by atoms with van der Waals surface area (Å²) in [6.45, 7) is 2.15. The van der Waals surface area contributed by atoms with Crippen molar-refractivity contribution >= 4 is 30.5 Å². The Labute approximate surface area is 98.1 Å². The molecule has 3 N–H and O–H groups in total. The van der Waals surface area contributed by atoms with Gasteiger partial charge in [0.1, 0.15) is 0 Å². The second-order valence-electron chi connectivity index (χ2n) is 3.09. The summed E-state index contributed by atoms with van der Waals surface area (Å²) in [5.74, 6) is 0. The molecular weight excluding hydrogens is 219 g/mol. The van der Waals surface area contributed by atoms with Gasteiger partial charge in [0.15, 0.2) is 0 Å². The highest BCUT2D eigenvalue weighted by atomic mass is 35.5. The molecule has 0 aromatic heterocycles. The first-order valence-corrected chi connectivity index (χ1v) is 4.24. The molecular formula is C10H18Cl2N2. The van der Waals surface area contributed by atoms with Gasteiger partial charge < -0.3 is 11.1 Å². The van der Waals surface area contributed by atoms with Gasteiger partial charge >= 0.3 is 0 Å². The molecule has 1 unspecified atom stereocenters. The summed E-state index contributed by atoms with van der Waals surface area (Å²) in [6, 6.07) is 8.48. The number of nitrogens with two attached hydrogens (primary N) is 1. The lowest BCUT2D eigenvalue weighted by molar-refractivity contribution is 0.609. The van der Waals surface area contributed by atoms with Crippen molar-refractivity contribution in [2.75, 3.05) is 12.8 Å². The van der Waals surface area contributed by atoms with Crippen LogP contribution in [0.5, 0.6) is 0 Å². The normalized spacial score (nSPS) is 11.0. The standard InChI is InChI=1S/C10H16N2.2ClH/c1-8(12-2)7-9-5-3-4-6-10(9)11;;/h3-6,8,12H,7,11H2,1-2H3;2*1H. The first-order chi connectivity index (χ1) is 5.74. The van der Waals surface area contributed by atoms with E-state index in [0.717, 1.165) is 12.1 Å².